The fourth-order valence-electron chi connectivity index (χ4n) is 2.57. The molecule has 0 radical (unpaired) electrons. The molecule has 1 N–H and O–H groups in total. The van der Waals surface area contributed by atoms with E-state index in [1.165, 1.54) is 12.3 Å². The molecular weight excluding hydrogens is 258 g/mol. The summed E-state index contributed by atoms with van der Waals surface area (Å²) < 4.78 is 5.09. The molecule has 1 amide bonds. The minimum atomic E-state index is -0.216. The van der Waals surface area contributed by atoms with Crippen LogP contribution in [0.15, 0.2) is 33.7 Å². The number of carbonyl (C=O) groups is 1. The molecule has 2 aromatic rings. The summed E-state index contributed by atoms with van der Waals surface area (Å²) in [6.45, 7) is 2.52. The second kappa shape index (κ2) is 4.96. The highest BCUT2D eigenvalue weighted by molar-refractivity contribution is 5.94. The number of hydrogen-bond donors (Lipinski definition) is 1. The van der Waals surface area contributed by atoms with E-state index in [4.69, 9.17) is 4.52 Å². The van der Waals surface area contributed by atoms with Crippen molar-refractivity contribution >= 4 is 5.91 Å². The fourth-order valence-corrected chi connectivity index (χ4v) is 2.57. The molecule has 0 saturated carbocycles. The number of aryl methyl sites for hydroxylation is 1. The maximum absolute atomic E-state index is 12.5. The summed E-state index contributed by atoms with van der Waals surface area (Å²) in [5, 5.41) is 4.01. The molecule has 3 rings (SSSR count). The number of H-pyrrole nitrogens is 1. The zero-order valence-electron chi connectivity index (χ0n) is 11.1. The van der Waals surface area contributed by atoms with E-state index in [-0.39, 0.29) is 17.5 Å². The van der Waals surface area contributed by atoms with Crippen molar-refractivity contribution in [1.29, 1.82) is 0 Å². The molecule has 104 valence electrons. The second-order valence-corrected chi connectivity index (χ2v) is 4.96. The van der Waals surface area contributed by atoms with Crippen LogP contribution in [0.3, 0.4) is 0 Å². The second-order valence-electron chi connectivity index (χ2n) is 4.96. The quantitative estimate of drug-likeness (QED) is 0.902. The van der Waals surface area contributed by atoms with Gasteiger partial charge >= 0.3 is 0 Å². The molecule has 0 aliphatic carbocycles. The highest BCUT2D eigenvalue weighted by atomic mass is 16.5. The van der Waals surface area contributed by atoms with Gasteiger partial charge in [0.05, 0.1) is 11.6 Å². The molecule has 0 spiro atoms. The monoisotopic (exact) mass is 273 g/mol. The van der Waals surface area contributed by atoms with Gasteiger partial charge in [0.2, 0.25) is 5.56 Å². The van der Waals surface area contributed by atoms with Crippen LogP contribution in [0, 0.1) is 6.92 Å². The SMILES string of the molecule is Cc1cc([C@H]2CCCN2C(=O)c2ccc(=O)[nH]c2)no1. The van der Waals surface area contributed by atoms with Crippen LogP contribution in [-0.4, -0.2) is 27.5 Å². The minimum absolute atomic E-state index is 0.0492. The van der Waals surface area contributed by atoms with Gasteiger partial charge in [-0.25, -0.2) is 0 Å². The molecule has 1 saturated heterocycles. The molecule has 1 atom stereocenters. The van der Waals surface area contributed by atoms with Gasteiger partial charge in [-0.1, -0.05) is 5.16 Å². The van der Waals surface area contributed by atoms with Crippen molar-refractivity contribution in [2.24, 2.45) is 0 Å². The molecule has 0 bridgehead atoms. The van der Waals surface area contributed by atoms with Gasteiger partial charge in [-0.2, -0.15) is 0 Å². The van der Waals surface area contributed by atoms with Crippen molar-refractivity contribution in [1.82, 2.24) is 15.0 Å². The molecule has 1 aliphatic rings. The van der Waals surface area contributed by atoms with Gasteiger partial charge in [0.1, 0.15) is 11.5 Å². The van der Waals surface area contributed by atoms with E-state index >= 15 is 0 Å². The van der Waals surface area contributed by atoms with Crippen LogP contribution < -0.4 is 5.56 Å². The van der Waals surface area contributed by atoms with Gasteiger partial charge in [-0.15, -0.1) is 0 Å². The number of pyridine rings is 1. The average molecular weight is 273 g/mol. The molecule has 6 heteroatoms. The lowest BCUT2D eigenvalue weighted by molar-refractivity contribution is 0.0730. The van der Waals surface area contributed by atoms with E-state index in [1.54, 1.807) is 11.0 Å². The molecule has 3 heterocycles. The van der Waals surface area contributed by atoms with E-state index in [9.17, 15) is 9.59 Å². The number of nitrogens with zero attached hydrogens (tertiary/aromatic N) is 2. The topological polar surface area (TPSA) is 79.2 Å². The molecule has 6 nitrogen and oxygen atoms in total. The Kier molecular flexibility index (Phi) is 3.14. The lowest BCUT2D eigenvalue weighted by atomic mass is 10.1. The maximum Gasteiger partial charge on any atom is 0.255 e. The zero-order valence-corrected chi connectivity index (χ0v) is 11.1. The number of rotatable bonds is 2. The number of aromatic nitrogens is 2. The van der Waals surface area contributed by atoms with Crippen molar-refractivity contribution in [3.05, 3.63) is 51.8 Å². The normalized spacial score (nSPS) is 18.4. The van der Waals surface area contributed by atoms with Gasteiger partial charge in [-0.05, 0) is 25.8 Å². The Morgan fingerprint density at radius 1 is 1.50 bits per heavy atom. The first-order valence-electron chi connectivity index (χ1n) is 6.58. The summed E-state index contributed by atoms with van der Waals surface area (Å²) in [5.41, 5.74) is 1.06. The molecular formula is C14H15N3O3. The third-order valence-corrected chi connectivity index (χ3v) is 3.53. The third-order valence-electron chi connectivity index (χ3n) is 3.53. The van der Waals surface area contributed by atoms with Gasteiger partial charge in [0, 0.05) is 24.9 Å². The molecule has 1 fully saturated rings. The van der Waals surface area contributed by atoms with Crippen molar-refractivity contribution < 1.29 is 9.32 Å². The van der Waals surface area contributed by atoms with E-state index in [2.05, 4.69) is 10.1 Å². The minimum Gasteiger partial charge on any atom is -0.361 e. The first kappa shape index (κ1) is 12.7. The number of likely N-dealkylation sites (tertiary alicyclic amines) is 1. The number of hydrogen-bond acceptors (Lipinski definition) is 4. The summed E-state index contributed by atoms with van der Waals surface area (Å²) in [6, 6.07) is 4.72. The molecule has 0 aromatic carbocycles. The zero-order chi connectivity index (χ0) is 14.1. The summed E-state index contributed by atoms with van der Waals surface area (Å²) in [6.07, 6.45) is 3.26. The van der Waals surface area contributed by atoms with Crippen LogP contribution in [0.1, 0.15) is 40.7 Å². The van der Waals surface area contributed by atoms with Crippen LogP contribution in [-0.2, 0) is 0 Å². The van der Waals surface area contributed by atoms with E-state index in [1.807, 2.05) is 13.0 Å². The Bertz CT molecular complexity index is 668. The number of amides is 1. The third kappa shape index (κ3) is 2.24. The van der Waals surface area contributed by atoms with Crippen LogP contribution >= 0.6 is 0 Å². The van der Waals surface area contributed by atoms with Gasteiger partial charge < -0.3 is 14.4 Å². The standard InChI is InChI=1S/C14H15N3O3/c1-9-7-11(16-20-9)12-3-2-6-17(12)14(19)10-4-5-13(18)15-8-10/h4-5,7-8,12H,2-3,6H2,1H3,(H,15,18)/t12-/m1/s1. The highest BCUT2D eigenvalue weighted by Crippen LogP contribution is 2.32. The van der Waals surface area contributed by atoms with Crippen molar-refractivity contribution in [3.63, 3.8) is 0 Å². The molecule has 2 aromatic heterocycles. The van der Waals surface area contributed by atoms with E-state index in [0.29, 0.717) is 12.1 Å². The van der Waals surface area contributed by atoms with Gasteiger partial charge in [-0.3, -0.25) is 9.59 Å². The van der Waals surface area contributed by atoms with Crippen molar-refractivity contribution in [2.45, 2.75) is 25.8 Å². The Balaban J connectivity index is 1.86. The Hall–Kier alpha value is -2.37. The van der Waals surface area contributed by atoms with Gasteiger partial charge in [0.15, 0.2) is 0 Å². The van der Waals surface area contributed by atoms with E-state index in [0.717, 1.165) is 24.3 Å². The Labute approximate surface area is 115 Å². The summed E-state index contributed by atoms with van der Waals surface area (Å²) >= 11 is 0. The highest BCUT2D eigenvalue weighted by Gasteiger charge is 2.32. The molecule has 0 unspecified atom stereocenters. The number of nitrogens with one attached hydrogen (secondary N) is 1. The summed E-state index contributed by atoms with van der Waals surface area (Å²) in [7, 11) is 0. The lowest BCUT2D eigenvalue weighted by Crippen LogP contribution is -2.31. The lowest BCUT2D eigenvalue weighted by Gasteiger charge is -2.22. The summed E-state index contributed by atoms with van der Waals surface area (Å²) in [4.78, 5) is 27.9. The largest absolute Gasteiger partial charge is 0.361 e. The van der Waals surface area contributed by atoms with Crippen LogP contribution in [0.25, 0.3) is 0 Å². The number of aromatic amines is 1. The smallest absolute Gasteiger partial charge is 0.255 e. The first-order chi connectivity index (χ1) is 9.65. The Morgan fingerprint density at radius 2 is 2.35 bits per heavy atom. The van der Waals surface area contributed by atoms with Crippen LogP contribution in [0.5, 0.6) is 0 Å². The Morgan fingerprint density at radius 3 is 3.00 bits per heavy atom. The number of carbonyl (C=O) groups excluding carboxylic acids is 1. The molecule has 20 heavy (non-hydrogen) atoms. The fraction of sp³-hybridized carbons (Fsp3) is 0.357. The van der Waals surface area contributed by atoms with Gasteiger partial charge in [0.25, 0.3) is 5.91 Å². The maximum atomic E-state index is 12.5. The van der Waals surface area contributed by atoms with E-state index < -0.39 is 0 Å². The van der Waals surface area contributed by atoms with Crippen molar-refractivity contribution in [3.8, 4) is 0 Å². The molecule has 1 aliphatic heterocycles. The van der Waals surface area contributed by atoms with Crippen LogP contribution in [0.2, 0.25) is 0 Å². The van der Waals surface area contributed by atoms with Crippen LogP contribution in [0.4, 0.5) is 0 Å². The first-order valence-corrected chi connectivity index (χ1v) is 6.58. The summed E-state index contributed by atoms with van der Waals surface area (Å²) in [5.74, 6) is 0.646. The predicted octanol–water partition coefficient (Wildman–Crippen LogP) is 1.65. The predicted molar refractivity (Wildman–Crippen MR) is 71.3 cm³/mol. The average Bonchev–Trinajstić information content (AvgIpc) is 3.07. The van der Waals surface area contributed by atoms with Crippen molar-refractivity contribution in [2.75, 3.05) is 6.54 Å².